The third kappa shape index (κ3) is 5.14. The number of aromatic nitrogens is 1. The number of nitrogens with zero attached hydrogens (tertiary/aromatic N) is 1. The predicted octanol–water partition coefficient (Wildman–Crippen LogP) is 4.01. The Morgan fingerprint density at radius 1 is 1.10 bits per heavy atom. The zero-order chi connectivity index (χ0) is 21.6. The number of amides is 1. The third-order valence-electron chi connectivity index (χ3n) is 5.69. The van der Waals surface area contributed by atoms with E-state index < -0.39 is 0 Å². The van der Waals surface area contributed by atoms with Gasteiger partial charge in [-0.1, -0.05) is 18.2 Å². The second-order valence-electron chi connectivity index (χ2n) is 7.90. The Morgan fingerprint density at radius 2 is 1.87 bits per heavy atom. The predicted molar refractivity (Wildman–Crippen MR) is 122 cm³/mol. The van der Waals surface area contributed by atoms with Gasteiger partial charge in [-0.05, 0) is 61.6 Å². The van der Waals surface area contributed by atoms with Crippen molar-refractivity contribution in [3.63, 3.8) is 0 Å². The molecule has 1 aliphatic heterocycles. The quantitative estimate of drug-likeness (QED) is 0.627. The first-order valence-electron chi connectivity index (χ1n) is 10.9. The van der Waals surface area contributed by atoms with Gasteiger partial charge in [0.25, 0.3) is 5.56 Å². The number of ether oxygens (including phenoxy) is 2. The summed E-state index contributed by atoms with van der Waals surface area (Å²) < 4.78 is 12.6. The second kappa shape index (κ2) is 9.79. The minimum Gasteiger partial charge on any atom is -0.494 e. The molecule has 0 radical (unpaired) electrons. The van der Waals surface area contributed by atoms with Crippen molar-refractivity contribution < 1.29 is 14.3 Å². The van der Waals surface area contributed by atoms with Gasteiger partial charge in [0.05, 0.1) is 13.0 Å². The molecule has 162 valence electrons. The minimum absolute atomic E-state index is 0.0217. The maximum Gasteiger partial charge on any atom is 0.258 e. The zero-order valence-corrected chi connectivity index (χ0v) is 17.8. The summed E-state index contributed by atoms with van der Waals surface area (Å²) in [5.74, 6) is 1.13. The fraction of sp³-hybridized carbons (Fsp3) is 0.360. The van der Waals surface area contributed by atoms with Crippen molar-refractivity contribution in [1.82, 2.24) is 4.57 Å². The van der Waals surface area contributed by atoms with E-state index in [0.29, 0.717) is 30.1 Å². The molecule has 31 heavy (non-hydrogen) atoms. The molecule has 1 saturated heterocycles. The Kier molecular flexibility index (Phi) is 6.67. The summed E-state index contributed by atoms with van der Waals surface area (Å²) in [4.78, 5) is 25.6. The van der Waals surface area contributed by atoms with E-state index in [9.17, 15) is 9.59 Å². The molecule has 2 heterocycles. The van der Waals surface area contributed by atoms with Crippen LogP contribution >= 0.6 is 0 Å². The molecule has 0 spiro atoms. The molecule has 4 rings (SSSR count). The summed E-state index contributed by atoms with van der Waals surface area (Å²) >= 11 is 0. The number of carbonyl (C=O) groups is 1. The van der Waals surface area contributed by atoms with Crippen molar-refractivity contribution in [3.8, 4) is 5.75 Å². The summed E-state index contributed by atoms with van der Waals surface area (Å²) in [6.07, 6.45) is 4.05. The third-order valence-corrected chi connectivity index (χ3v) is 5.69. The molecule has 1 aliphatic rings. The monoisotopic (exact) mass is 420 g/mol. The molecule has 0 atom stereocenters. The van der Waals surface area contributed by atoms with E-state index in [2.05, 4.69) is 5.32 Å². The normalized spacial score (nSPS) is 14.5. The molecule has 6 nitrogen and oxygen atoms in total. The van der Waals surface area contributed by atoms with Gasteiger partial charge >= 0.3 is 0 Å². The lowest BCUT2D eigenvalue weighted by Crippen LogP contribution is -2.27. The summed E-state index contributed by atoms with van der Waals surface area (Å²) in [5, 5.41) is 4.35. The Labute approximate surface area is 181 Å². The number of anilines is 1. The first-order valence-corrected chi connectivity index (χ1v) is 10.9. The topological polar surface area (TPSA) is 69.6 Å². The average molecular weight is 421 g/mol. The number of hydrogen-bond acceptors (Lipinski definition) is 4. The molecule has 2 aromatic carbocycles. The van der Waals surface area contributed by atoms with E-state index in [4.69, 9.17) is 9.47 Å². The fourth-order valence-electron chi connectivity index (χ4n) is 4.03. The van der Waals surface area contributed by atoms with Gasteiger partial charge < -0.3 is 19.4 Å². The maximum atomic E-state index is 13.0. The van der Waals surface area contributed by atoms with Crippen molar-refractivity contribution in [1.29, 1.82) is 0 Å². The van der Waals surface area contributed by atoms with Crippen LogP contribution in [0.15, 0.2) is 59.5 Å². The smallest absolute Gasteiger partial charge is 0.258 e. The lowest BCUT2D eigenvalue weighted by Gasteiger charge is -2.23. The highest BCUT2D eigenvalue weighted by molar-refractivity contribution is 6.02. The molecule has 1 amide bonds. The van der Waals surface area contributed by atoms with Gasteiger partial charge in [0.15, 0.2) is 0 Å². The van der Waals surface area contributed by atoms with Crippen LogP contribution in [0.5, 0.6) is 5.75 Å². The van der Waals surface area contributed by atoms with Crippen LogP contribution < -0.4 is 15.6 Å². The Bertz CT molecular complexity index is 1100. The molecule has 6 heteroatoms. The highest BCUT2D eigenvalue weighted by atomic mass is 16.5. The maximum absolute atomic E-state index is 13.0. The van der Waals surface area contributed by atoms with Crippen LogP contribution in [0.4, 0.5) is 5.69 Å². The van der Waals surface area contributed by atoms with Crippen molar-refractivity contribution in [2.45, 2.75) is 32.7 Å². The van der Waals surface area contributed by atoms with Gasteiger partial charge in [0.2, 0.25) is 5.91 Å². The zero-order valence-electron chi connectivity index (χ0n) is 17.8. The van der Waals surface area contributed by atoms with Crippen LogP contribution in [0.3, 0.4) is 0 Å². The van der Waals surface area contributed by atoms with E-state index in [1.807, 2.05) is 61.7 Å². The van der Waals surface area contributed by atoms with Crippen molar-refractivity contribution in [2.24, 2.45) is 5.92 Å². The Morgan fingerprint density at radius 3 is 2.61 bits per heavy atom. The molecule has 0 saturated carbocycles. The van der Waals surface area contributed by atoms with Crippen LogP contribution in [-0.2, 0) is 22.5 Å². The first kappa shape index (κ1) is 21.1. The second-order valence-corrected chi connectivity index (χ2v) is 7.90. The minimum atomic E-state index is -0.122. The highest BCUT2D eigenvalue weighted by Crippen LogP contribution is 2.22. The van der Waals surface area contributed by atoms with Crippen molar-refractivity contribution in [3.05, 3.63) is 70.6 Å². The molecule has 0 aliphatic carbocycles. The Balaban J connectivity index is 1.49. The number of rotatable bonds is 7. The Hall–Kier alpha value is -3.12. The summed E-state index contributed by atoms with van der Waals surface area (Å²) in [6.45, 7) is 4.77. The molecular weight excluding hydrogens is 392 g/mol. The summed E-state index contributed by atoms with van der Waals surface area (Å²) in [5.41, 5.74) is 1.54. The molecule has 0 unspecified atom stereocenters. The van der Waals surface area contributed by atoms with E-state index in [-0.39, 0.29) is 17.9 Å². The number of hydrogen-bond donors (Lipinski definition) is 1. The van der Waals surface area contributed by atoms with Gasteiger partial charge in [-0.2, -0.15) is 0 Å². The molecular formula is C25H28N2O4. The molecule has 0 bridgehead atoms. The van der Waals surface area contributed by atoms with Gasteiger partial charge in [0, 0.05) is 42.4 Å². The lowest BCUT2D eigenvalue weighted by atomic mass is 10.00. The van der Waals surface area contributed by atoms with Gasteiger partial charge in [-0.15, -0.1) is 0 Å². The highest BCUT2D eigenvalue weighted by Gasteiger charge is 2.16. The SMILES string of the molecule is CCOc1ccc(CC(=O)Nc2cccc3c(=O)n(CC4CCOCC4)ccc23)cc1. The van der Waals surface area contributed by atoms with Crippen molar-refractivity contribution in [2.75, 3.05) is 25.1 Å². The van der Waals surface area contributed by atoms with E-state index in [0.717, 1.165) is 42.8 Å². The first-order chi connectivity index (χ1) is 15.1. The van der Waals surface area contributed by atoms with Crippen LogP contribution in [0.2, 0.25) is 0 Å². The lowest BCUT2D eigenvalue weighted by molar-refractivity contribution is -0.115. The number of benzene rings is 2. The molecule has 1 fully saturated rings. The van der Waals surface area contributed by atoms with Crippen LogP contribution in [0, 0.1) is 5.92 Å². The number of carbonyl (C=O) groups excluding carboxylic acids is 1. The average Bonchev–Trinajstić information content (AvgIpc) is 2.78. The number of pyridine rings is 1. The van der Waals surface area contributed by atoms with Gasteiger partial charge in [-0.25, -0.2) is 0 Å². The summed E-state index contributed by atoms with van der Waals surface area (Å²) in [7, 11) is 0. The van der Waals surface area contributed by atoms with Crippen molar-refractivity contribution >= 4 is 22.4 Å². The van der Waals surface area contributed by atoms with Gasteiger partial charge in [0.1, 0.15) is 5.75 Å². The number of fused-ring (bicyclic) bond motifs is 1. The largest absolute Gasteiger partial charge is 0.494 e. The molecule has 1 aromatic heterocycles. The van der Waals surface area contributed by atoms with Crippen LogP contribution in [0.25, 0.3) is 10.8 Å². The van der Waals surface area contributed by atoms with E-state index in [1.54, 1.807) is 4.57 Å². The molecule has 1 N–H and O–H groups in total. The summed E-state index contributed by atoms with van der Waals surface area (Å²) in [6, 6.07) is 14.9. The van der Waals surface area contributed by atoms with E-state index >= 15 is 0 Å². The van der Waals surface area contributed by atoms with E-state index in [1.165, 1.54) is 0 Å². The number of nitrogens with one attached hydrogen (secondary N) is 1. The van der Waals surface area contributed by atoms with Gasteiger partial charge in [-0.3, -0.25) is 9.59 Å². The standard InChI is InChI=1S/C25H28N2O4/c1-2-31-20-8-6-18(7-9-20)16-24(28)26-23-5-3-4-22-21(23)10-13-27(25(22)29)17-19-11-14-30-15-12-19/h3-10,13,19H,2,11-12,14-17H2,1H3,(H,26,28). The fourth-order valence-corrected chi connectivity index (χ4v) is 4.03. The van der Waals surface area contributed by atoms with Crippen LogP contribution in [0.1, 0.15) is 25.3 Å². The van der Waals surface area contributed by atoms with Crippen LogP contribution in [-0.4, -0.2) is 30.3 Å². The molecule has 3 aromatic rings.